The number of ether oxygens (including phenoxy) is 1. The highest BCUT2D eigenvalue weighted by molar-refractivity contribution is 4.84. The molecule has 0 aromatic rings. The summed E-state index contributed by atoms with van der Waals surface area (Å²) in [6.07, 6.45) is 1.97. The van der Waals surface area contributed by atoms with E-state index in [9.17, 15) is 5.11 Å². The zero-order valence-corrected chi connectivity index (χ0v) is 9.55. The third kappa shape index (κ3) is 3.56. The highest BCUT2D eigenvalue weighted by Gasteiger charge is 2.24. The minimum absolute atomic E-state index is 0.182. The van der Waals surface area contributed by atoms with E-state index in [1.165, 1.54) is 0 Å². The lowest BCUT2D eigenvalue weighted by Gasteiger charge is -2.32. The largest absolute Gasteiger partial charge is 0.392 e. The Morgan fingerprint density at radius 3 is 2.50 bits per heavy atom. The van der Waals surface area contributed by atoms with Crippen LogP contribution >= 0.6 is 0 Å². The molecule has 1 saturated heterocycles. The van der Waals surface area contributed by atoms with Crippen LogP contribution in [0.5, 0.6) is 0 Å². The van der Waals surface area contributed by atoms with Gasteiger partial charge in [-0.25, -0.2) is 0 Å². The van der Waals surface area contributed by atoms with Crippen molar-refractivity contribution in [2.24, 2.45) is 5.92 Å². The van der Waals surface area contributed by atoms with Gasteiger partial charge in [-0.05, 0) is 46.1 Å². The summed E-state index contributed by atoms with van der Waals surface area (Å²) in [6.45, 7) is 8.68. The average molecular weight is 201 g/mol. The van der Waals surface area contributed by atoms with Crippen molar-refractivity contribution in [3.63, 3.8) is 0 Å². The fourth-order valence-electron chi connectivity index (χ4n) is 1.51. The molecule has 3 nitrogen and oxygen atoms in total. The van der Waals surface area contributed by atoms with Gasteiger partial charge in [-0.1, -0.05) is 0 Å². The first-order valence-corrected chi connectivity index (χ1v) is 5.53. The maximum absolute atomic E-state index is 9.52. The molecule has 1 heterocycles. The standard InChI is InChI=1S/C11H23NO2/c1-9(13)11(2,3)12-8-10-4-6-14-7-5-10/h9-10,12-13H,4-8H2,1-3H3. The molecular formula is C11H23NO2. The zero-order chi connectivity index (χ0) is 10.6. The summed E-state index contributed by atoms with van der Waals surface area (Å²) >= 11 is 0. The van der Waals surface area contributed by atoms with E-state index in [2.05, 4.69) is 5.32 Å². The van der Waals surface area contributed by atoms with Gasteiger partial charge in [-0.2, -0.15) is 0 Å². The molecule has 2 N–H and O–H groups in total. The first kappa shape index (κ1) is 12.0. The molecule has 0 amide bonds. The van der Waals surface area contributed by atoms with E-state index < -0.39 is 0 Å². The summed E-state index contributed by atoms with van der Waals surface area (Å²) in [5, 5.41) is 12.9. The van der Waals surface area contributed by atoms with Crippen LogP contribution in [0, 0.1) is 5.92 Å². The molecule has 0 spiro atoms. The van der Waals surface area contributed by atoms with E-state index in [1.54, 1.807) is 0 Å². The lowest BCUT2D eigenvalue weighted by molar-refractivity contribution is 0.0541. The fraction of sp³-hybridized carbons (Fsp3) is 1.00. The van der Waals surface area contributed by atoms with E-state index in [0.717, 1.165) is 32.6 Å². The monoisotopic (exact) mass is 201 g/mol. The molecule has 0 saturated carbocycles. The summed E-state index contributed by atoms with van der Waals surface area (Å²) in [4.78, 5) is 0. The first-order chi connectivity index (χ1) is 6.52. The lowest BCUT2D eigenvalue weighted by atomic mass is 9.95. The van der Waals surface area contributed by atoms with E-state index in [1.807, 2.05) is 20.8 Å². The van der Waals surface area contributed by atoms with Crippen molar-refractivity contribution in [1.82, 2.24) is 5.32 Å². The maximum atomic E-state index is 9.52. The van der Waals surface area contributed by atoms with Gasteiger partial charge in [0.1, 0.15) is 0 Å². The topological polar surface area (TPSA) is 41.5 Å². The SMILES string of the molecule is CC(O)C(C)(C)NCC1CCOCC1. The lowest BCUT2D eigenvalue weighted by Crippen LogP contribution is -2.50. The molecule has 0 aromatic carbocycles. The predicted octanol–water partition coefficient (Wildman–Crippen LogP) is 1.16. The molecule has 1 fully saturated rings. The highest BCUT2D eigenvalue weighted by atomic mass is 16.5. The Bertz CT molecular complexity index is 163. The zero-order valence-electron chi connectivity index (χ0n) is 9.55. The van der Waals surface area contributed by atoms with Crippen molar-refractivity contribution < 1.29 is 9.84 Å². The Kier molecular flexibility index (Phi) is 4.35. The van der Waals surface area contributed by atoms with Crippen LogP contribution in [0.25, 0.3) is 0 Å². The van der Waals surface area contributed by atoms with Crippen LogP contribution in [-0.2, 0) is 4.74 Å². The third-order valence-electron chi connectivity index (χ3n) is 3.23. The number of hydrogen-bond donors (Lipinski definition) is 2. The van der Waals surface area contributed by atoms with Crippen LogP contribution < -0.4 is 5.32 Å². The second kappa shape index (κ2) is 5.10. The quantitative estimate of drug-likeness (QED) is 0.717. The second-order valence-corrected chi connectivity index (χ2v) is 4.83. The van der Waals surface area contributed by atoms with Crippen molar-refractivity contribution in [3.8, 4) is 0 Å². The minimum atomic E-state index is -0.317. The number of aliphatic hydroxyl groups is 1. The summed E-state index contributed by atoms with van der Waals surface area (Å²) in [5.74, 6) is 0.710. The first-order valence-electron chi connectivity index (χ1n) is 5.53. The predicted molar refractivity (Wildman–Crippen MR) is 57.3 cm³/mol. The van der Waals surface area contributed by atoms with Gasteiger partial charge in [-0.3, -0.25) is 0 Å². The Balaban J connectivity index is 2.24. The summed E-state index contributed by atoms with van der Waals surface area (Å²) < 4.78 is 5.30. The van der Waals surface area contributed by atoms with Crippen LogP contribution in [0.1, 0.15) is 33.6 Å². The van der Waals surface area contributed by atoms with Crippen molar-refractivity contribution in [2.75, 3.05) is 19.8 Å². The number of nitrogens with one attached hydrogen (secondary N) is 1. The van der Waals surface area contributed by atoms with Crippen LogP contribution in [0.3, 0.4) is 0 Å². The van der Waals surface area contributed by atoms with Crippen LogP contribution in [0.2, 0.25) is 0 Å². The molecule has 0 bridgehead atoms. The van der Waals surface area contributed by atoms with Crippen LogP contribution in [-0.4, -0.2) is 36.5 Å². The van der Waals surface area contributed by atoms with Crippen molar-refractivity contribution in [1.29, 1.82) is 0 Å². The van der Waals surface area contributed by atoms with Crippen molar-refractivity contribution in [2.45, 2.75) is 45.3 Å². The van der Waals surface area contributed by atoms with E-state index in [-0.39, 0.29) is 11.6 Å². The van der Waals surface area contributed by atoms with E-state index in [4.69, 9.17) is 4.74 Å². The highest BCUT2D eigenvalue weighted by Crippen LogP contribution is 2.16. The molecular weight excluding hydrogens is 178 g/mol. The van der Waals surface area contributed by atoms with Gasteiger partial charge in [-0.15, -0.1) is 0 Å². The number of rotatable bonds is 4. The summed E-state index contributed by atoms with van der Waals surface area (Å²) in [7, 11) is 0. The van der Waals surface area contributed by atoms with E-state index >= 15 is 0 Å². The van der Waals surface area contributed by atoms with Crippen molar-refractivity contribution >= 4 is 0 Å². The molecule has 0 aromatic heterocycles. The van der Waals surface area contributed by atoms with Gasteiger partial charge in [0, 0.05) is 18.8 Å². The smallest absolute Gasteiger partial charge is 0.0688 e. The Hall–Kier alpha value is -0.120. The normalized spacial score (nSPS) is 22.3. The Morgan fingerprint density at radius 1 is 1.43 bits per heavy atom. The fourth-order valence-corrected chi connectivity index (χ4v) is 1.51. The van der Waals surface area contributed by atoms with Crippen LogP contribution in [0.4, 0.5) is 0 Å². The number of hydrogen-bond acceptors (Lipinski definition) is 3. The minimum Gasteiger partial charge on any atom is -0.392 e. The molecule has 1 atom stereocenters. The molecule has 0 aliphatic carbocycles. The van der Waals surface area contributed by atoms with Crippen LogP contribution in [0.15, 0.2) is 0 Å². The van der Waals surface area contributed by atoms with Gasteiger partial charge in [0.25, 0.3) is 0 Å². The molecule has 1 rings (SSSR count). The molecule has 14 heavy (non-hydrogen) atoms. The Morgan fingerprint density at radius 2 is 2.00 bits per heavy atom. The van der Waals surface area contributed by atoms with Gasteiger partial charge >= 0.3 is 0 Å². The number of aliphatic hydroxyl groups excluding tert-OH is 1. The van der Waals surface area contributed by atoms with Gasteiger partial charge < -0.3 is 15.2 Å². The van der Waals surface area contributed by atoms with Gasteiger partial charge in [0.15, 0.2) is 0 Å². The third-order valence-corrected chi connectivity index (χ3v) is 3.23. The van der Waals surface area contributed by atoms with Crippen molar-refractivity contribution in [3.05, 3.63) is 0 Å². The van der Waals surface area contributed by atoms with E-state index in [0.29, 0.717) is 5.92 Å². The van der Waals surface area contributed by atoms with Gasteiger partial charge in [0.05, 0.1) is 6.10 Å². The molecule has 1 aliphatic heterocycles. The molecule has 1 unspecified atom stereocenters. The summed E-state index contributed by atoms with van der Waals surface area (Å²) in [6, 6.07) is 0. The molecule has 0 radical (unpaired) electrons. The van der Waals surface area contributed by atoms with Gasteiger partial charge in [0.2, 0.25) is 0 Å². The molecule has 1 aliphatic rings. The maximum Gasteiger partial charge on any atom is 0.0688 e. The second-order valence-electron chi connectivity index (χ2n) is 4.83. The molecule has 3 heteroatoms. The molecule has 84 valence electrons. The average Bonchev–Trinajstić information content (AvgIpc) is 2.16. The Labute approximate surface area is 86.8 Å². The summed E-state index contributed by atoms with van der Waals surface area (Å²) in [5.41, 5.74) is -0.182.